The minimum Gasteiger partial charge on any atom is -0.493 e. The van der Waals surface area contributed by atoms with Crippen LogP contribution < -0.4 is 14.2 Å². The van der Waals surface area contributed by atoms with E-state index in [1.54, 1.807) is 42.5 Å². The summed E-state index contributed by atoms with van der Waals surface area (Å²) in [5, 5.41) is 4.82. The molecule has 40 heavy (non-hydrogen) atoms. The van der Waals surface area contributed by atoms with Crippen LogP contribution >= 0.6 is 11.6 Å². The lowest BCUT2D eigenvalue weighted by Crippen LogP contribution is -2.07. The number of hydrogen-bond acceptors (Lipinski definition) is 4. The summed E-state index contributed by atoms with van der Waals surface area (Å²) < 4.78 is 74.5. The number of benzene rings is 4. The zero-order valence-corrected chi connectivity index (χ0v) is 22.2. The van der Waals surface area contributed by atoms with Gasteiger partial charge in [-0.05, 0) is 42.0 Å². The smallest absolute Gasteiger partial charge is 0.418 e. The molecule has 0 aliphatic rings. The van der Waals surface area contributed by atoms with Crippen LogP contribution in [0.25, 0.3) is 22.2 Å². The van der Waals surface area contributed by atoms with Crippen LogP contribution in [0.5, 0.6) is 17.2 Å². The number of fused-ring (bicyclic) bond motifs is 1. The molecular formula is C30H23ClF4N2O3. The van der Waals surface area contributed by atoms with Crippen LogP contribution in [0.1, 0.15) is 16.7 Å². The second-order valence-corrected chi connectivity index (χ2v) is 9.36. The molecule has 10 heteroatoms. The Morgan fingerprint density at radius 3 is 2.35 bits per heavy atom. The van der Waals surface area contributed by atoms with Gasteiger partial charge in [0.25, 0.3) is 0 Å². The van der Waals surface area contributed by atoms with Crippen molar-refractivity contribution >= 4 is 22.5 Å². The van der Waals surface area contributed by atoms with Gasteiger partial charge in [-0.15, -0.1) is 0 Å². The van der Waals surface area contributed by atoms with Crippen LogP contribution in [0.4, 0.5) is 17.6 Å². The fourth-order valence-electron chi connectivity index (χ4n) is 4.55. The van der Waals surface area contributed by atoms with Crippen molar-refractivity contribution in [1.82, 2.24) is 9.78 Å². The summed E-state index contributed by atoms with van der Waals surface area (Å²) in [6, 6.07) is 20.5. The molecule has 5 nitrogen and oxygen atoms in total. The average Bonchev–Trinajstić information content (AvgIpc) is 3.30. The molecule has 5 aromatic rings. The summed E-state index contributed by atoms with van der Waals surface area (Å²) in [4.78, 5) is 0. The zero-order valence-electron chi connectivity index (χ0n) is 21.4. The molecule has 5 rings (SSSR count). The maximum absolute atomic E-state index is 14.7. The molecular weight excluding hydrogens is 548 g/mol. The predicted octanol–water partition coefficient (Wildman–Crippen LogP) is 8.16. The van der Waals surface area contributed by atoms with Crippen molar-refractivity contribution in [2.75, 3.05) is 14.2 Å². The Morgan fingerprint density at radius 2 is 1.62 bits per heavy atom. The van der Waals surface area contributed by atoms with Gasteiger partial charge in [0, 0.05) is 21.5 Å². The fourth-order valence-corrected chi connectivity index (χ4v) is 4.71. The van der Waals surface area contributed by atoms with Gasteiger partial charge in [-0.25, -0.2) is 4.39 Å². The monoisotopic (exact) mass is 570 g/mol. The topological polar surface area (TPSA) is 45.5 Å². The molecule has 0 N–H and O–H groups in total. The molecule has 4 aromatic carbocycles. The largest absolute Gasteiger partial charge is 0.493 e. The summed E-state index contributed by atoms with van der Waals surface area (Å²) in [6.45, 7) is 0.0368. The maximum atomic E-state index is 14.7. The number of hydrogen-bond donors (Lipinski definition) is 0. The Bertz CT molecular complexity index is 1680. The highest BCUT2D eigenvalue weighted by atomic mass is 35.5. The first kappa shape index (κ1) is 27.3. The standard InChI is InChI=1S/C30H23ClF4N2O3/c1-38-25-10-5-11-26(29(25)39-2)40-17-18-6-3-7-19(14-18)28-22-8-4-9-23(30(33,34)35)27(22)36-37(28)16-20-12-13-21(31)15-24(20)32/h3-15H,16-17H2,1-2H3. The molecule has 0 radical (unpaired) electrons. The first-order valence-electron chi connectivity index (χ1n) is 12.1. The van der Waals surface area contributed by atoms with Crippen molar-refractivity contribution in [2.45, 2.75) is 19.3 Å². The number of halogens is 5. The highest BCUT2D eigenvalue weighted by molar-refractivity contribution is 6.30. The molecule has 0 bridgehead atoms. The highest BCUT2D eigenvalue weighted by Crippen LogP contribution is 2.39. The van der Waals surface area contributed by atoms with Gasteiger partial charge in [-0.3, -0.25) is 4.68 Å². The lowest BCUT2D eigenvalue weighted by atomic mass is 10.0. The number of nitrogens with zero attached hydrogens (tertiary/aromatic N) is 2. The summed E-state index contributed by atoms with van der Waals surface area (Å²) in [5.74, 6) is 0.841. The number of para-hydroxylation sites is 1. The van der Waals surface area contributed by atoms with E-state index in [9.17, 15) is 17.6 Å². The van der Waals surface area contributed by atoms with Gasteiger partial charge in [-0.1, -0.05) is 54.1 Å². The number of aromatic nitrogens is 2. The van der Waals surface area contributed by atoms with Gasteiger partial charge in [-0.2, -0.15) is 18.3 Å². The second-order valence-electron chi connectivity index (χ2n) is 8.92. The normalized spacial score (nSPS) is 11.6. The van der Waals surface area contributed by atoms with E-state index in [1.807, 2.05) is 6.07 Å². The first-order valence-corrected chi connectivity index (χ1v) is 12.5. The maximum Gasteiger partial charge on any atom is 0.418 e. The molecule has 0 aliphatic carbocycles. The van der Waals surface area contributed by atoms with Gasteiger partial charge in [0.15, 0.2) is 11.5 Å². The Morgan fingerprint density at radius 1 is 0.875 bits per heavy atom. The fraction of sp³-hybridized carbons (Fsp3) is 0.167. The SMILES string of the molecule is COc1cccc(OCc2cccc(-c3c4cccc(C(F)(F)F)c4nn3Cc3ccc(Cl)cc3F)c2)c1OC. The van der Waals surface area contributed by atoms with Crippen molar-refractivity contribution in [3.63, 3.8) is 0 Å². The van der Waals surface area contributed by atoms with E-state index < -0.39 is 17.6 Å². The van der Waals surface area contributed by atoms with E-state index in [4.69, 9.17) is 25.8 Å². The van der Waals surface area contributed by atoms with Gasteiger partial charge in [0.1, 0.15) is 17.9 Å². The van der Waals surface area contributed by atoms with Crippen LogP contribution in [-0.4, -0.2) is 24.0 Å². The number of alkyl halides is 3. The van der Waals surface area contributed by atoms with E-state index in [2.05, 4.69) is 5.10 Å². The van der Waals surface area contributed by atoms with E-state index in [-0.39, 0.29) is 34.6 Å². The highest BCUT2D eigenvalue weighted by Gasteiger charge is 2.34. The molecule has 1 heterocycles. The lowest BCUT2D eigenvalue weighted by Gasteiger charge is -2.14. The third-order valence-corrected chi connectivity index (χ3v) is 6.61. The average molecular weight is 571 g/mol. The van der Waals surface area contributed by atoms with Gasteiger partial charge < -0.3 is 14.2 Å². The number of ether oxygens (including phenoxy) is 3. The third-order valence-electron chi connectivity index (χ3n) is 6.37. The molecule has 1 aromatic heterocycles. The molecule has 0 saturated carbocycles. The predicted molar refractivity (Wildman–Crippen MR) is 145 cm³/mol. The van der Waals surface area contributed by atoms with Crippen molar-refractivity contribution in [2.24, 2.45) is 0 Å². The van der Waals surface area contributed by atoms with E-state index in [1.165, 1.54) is 37.1 Å². The Kier molecular flexibility index (Phi) is 7.58. The van der Waals surface area contributed by atoms with Crippen molar-refractivity contribution in [1.29, 1.82) is 0 Å². The first-order chi connectivity index (χ1) is 19.2. The lowest BCUT2D eigenvalue weighted by molar-refractivity contribution is -0.136. The van der Waals surface area contributed by atoms with Crippen molar-refractivity contribution in [3.05, 3.63) is 106 Å². The summed E-state index contributed by atoms with van der Waals surface area (Å²) in [7, 11) is 3.04. The van der Waals surface area contributed by atoms with Crippen LogP contribution in [-0.2, 0) is 19.3 Å². The van der Waals surface area contributed by atoms with Gasteiger partial charge in [0.05, 0.1) is 32.0 Å². The quantitative estimate of drug-likeness (QED) is 0.177. The Balaban J connectivity index is 1.58. The van der Waals surface area contributed by atoms with Crippen LogP contribution in [0.2, 0.25) is 5.02 Å². The number of rotatable bonds is 8. The van der Waals surface area contributed by atoms with Gasteiger partial charge in [0.2, 0.25) is 5.75 Å². The zero-order chi connectivity index (χ0) is 28.4. The molecule has 0 spiro atoms. The Hall–Kier alpha value is -4.24. The van der Waals surface area contributed by atoms with E-state index in [0.717, 1.165) is 17.7 Å². The minimum atomic E-state index is -4.62. The van der Waals surface area contributed by atoms with Crippen LogP contribution in [0.3, 0.4) is 0 Å². The van der Waals surface area contributed by atoms with Crippen LogP contribution in [0, 0.1) is 5.82 Å². The summed E-state index contributed by atoms with van der Waals surface area (Å²) >= 11 is 5.90. The Labute approximate surface area is 232 Å². The van der Waals surface area contributed by atoms with Gasteiger partial charge >= 0.3 is 6.18 Å². The molecule has 206 valence electrons. The molecule has 0 saturated heterocycles. The number of methoxy groups -OCH3 is 2. The molecule has 0 atom stereocenters. The van der Waals surface area contributed by atoms with Crippen LogP contribution in [0.15, 0.2) is 78.9 Å². The molecule has 0 fully saturated rings. The van der Waals surface area contributed by atoms with Crippen molar-refractivity contribution in [3.8, 4) is 28.5 Å². The summed E-state index contributed by atoms with van der Waals surface area (Å²) in [5.41, 5.74) is 0.893. The van der Waals surface area contributed by atoms with E-state index >= 15 is 0 Å². The molecule has 0 unspecified atom stereocenters. The summed E-state index contributed by atoms with van der Waals surface area (Å²) in [6.07, 6.45) is -4.62. The molecule has 0 amide bonds. The second kappa shape index (κ2) is 11.1. The minimum absolute atomic E-state index is 0.105. The van der Waals surface area contributed by atoms with Crippen molar-refractivity contribution < 1.29 is 31.8 Å². The van der Waals surface area contributed by atoms with E-state index in [0.29, 0.717) is 28.5 Å². The molecule has 0 aliphatic heterocycles. The third kappa shape index (κ3) is 5.42.